The number of ether oxygens (including phenoxy) is 2. The monoisotopic (exact) mass is 290 g/mol. The Balaban J connectivity index is 2.13. The molecule has 6 nitrogen and oxygen atoms in total. The third-order valence-electron chi connectivity index (χ3n) is 2.93. The van der Waals surface area contributed by atoms with Crippen molar-refractivity contribution in [3.05, 3.63) is 29.3 Å². The first-order chi connectivity index (χ1) is 9.04. The second-order valence-electron chi connectivity index (χ2n) is 4.25. The van der Waals surface area contributed by atoms with E-state index in [4.69, 9.17) is 26.2 Å². The van der Waals surface area contributed by atoms with Crippen molar-refractivity contribution in [1.82, 2.24) is 0 Å². The van der Waals surface area contributed by atoms with Gasteiger partial charge in [-0.15, -0.1) is 0 Å². The minimum Gasteiger partial charge on any atom is -0.460 e. The quantitative estimate of drug-likeness (QED) is 0.600. The largest absolute Gasteiger partial charge is 0.460 e. The highest BCUT2D eigenvalue weighted by molar-refractivity contribution is 6.32. The van der Waals surface area contributed by atoms with E-state index in [-0.39, 0.29) is 5.75 Å². The summed E-state index contributed by atoms with van der Waals surface area (Å²) in [5.74, 6) is 0.272. The Morgan fingerprint density at radius 1 is 1.11 bits per heavy atom. The topological polar surface area (TPSA) is 99.4 Å². The van der Waals surface area contributed by atoms with Gasteiger partial charge in [0.05, 0.1) is 11.6 Å². The summed E-state index contributed by atoms with van der Waals surface area (Å²) in [7, 11) is 0. The summed E-state index contributed by atoms with van der Waals surface area (Å²) in [5.41, 5.74) is 0. The molecule has 1 aliphatic heterocycles. The molecule has 0 aliphatic carbocycles. The predicted octanol–water partition coefficient (Wildman–Crippen LogP) is -0.481. The zero-order chi connectivity index (χ0) is 14.0. The smallest absolute Gasteiger partial charge is 0.229 e. The maximum Gasteiger partial charge on any atom is 0.229 e. The van der Waals surface area contributed by atoms with Gasteiger partial charge in [0.15, 0.2) is 0 Å². The molecule has 1 unspecified atom stereocenters. The Hall–Kier alpha value is -0.890. The van der Waals surface area contributed by atoms with Crippen LogP contribution in [0.2, 0.25) is 5.02 Å². The molecule has 1 aromatic rings. The van der Waals surface area contributed by atoms with Crippen LogP contribution in [-0.4, -0.2) is 57.7 Å². The predicted molar refractivity (Wildman–Crippen MR) is 65.8 cm³/mol. The summed E-state index contributed by atoms with van der Waals surface area (Å²) in [6.45, 7) is -0.507. The molecule has 0 radical (unpaired) electrons. The lowest BCUT2D eigenvalue weighted by molar-refractivity contribution is -0.277. The second kappa shape index (κ2) is 6.04. The molecule has 1 heterocycles. The summed E-state index contributed by atoms with van der Waals surface area (Å²) in [6.07, 6.45) is -6.57. The molecule has 5 atom stereocenters. The van der Waals surface area contributed by atoms with Crippen LogP contribution in [0.25, 0.3) is 0 Å². The summed E-state index contributed by atoms with van der Waals surface area (Å²) < 4.78 is 10.6. The number of aliphatic hydroxyl groups excluding tert-OH is 4. The third kappa shape index (κ3) is 3.00. The van der Waals surface area contributed by atoms with Gasteiger partial charge < -0.3 is 29.9 Å². The van der Waals surface area contributed by atoms with Gasteiger partial charge in [-0.2, -0.15) is 0 Å². The van der Waals surface area contributed by atoms with Crippen molar-refractivity contribution in [2.24, 2.45) is 0 Å². The highest BCUT2D eigenvalue weighted by Crippen LogP contribution is 2.28. The van der Waals surface area contributed by atoms with Crippen LogP contribution in [0.1, 0.15) is 0 Å². The number of benzene rings is 1. The van der Waals surface area contributed by atoms with Crippen LogP contribution in [0.15, 0.2) is 24.3 Å². The molecule has 7 heteroatoms. The maximum atomic E-state index is 9.79. The summed E-state index contributed by atoms with van der Waals surface area (Å²) in [6, 6.07) is 6.57. The van der Waals surface area contributed by atoms with Gasteiger partial charge >= 0.3 is 0 Å². The molecule has 1 aromatic carbocycles. The van der Waals surface area contributed by atoms with Gasteiger partial charge in [0.25, 0.3) is 0 Å². The molecule has 1 fully saturated rings. The van der Waals surface area contributed by atoms with Gasteiger partial charge in [0.2, 0.25) is 6.29 Å². The van der Waals surface area contributed by atoms with Crippen LogP contribution in [0.4, 0.5) is 0 Å². The maximum absolute atomic E-state index is 9.79. The van der Waals surface area contributed by atoms with Crippen molar-refractivity contribution in [3.8, 4) is 5.75 Å². The fraction of sp³-hybridized carbons (Fsp3) is 0.500. The molecule has 0 bridgehead atoms. The van der Waals surface area contributed by atoms with E-state index >= 15 is 0 Å². The Kier molecular flexibility index (Phi) is 4.62. The van der Waals surface area contributed by atoms with Gasteiger partial charge in [-0.25, -0.2) is 0 Å². The molecule has 1 saturated heterocycles. The first kappa shape index (κ1) is 14.5. The lowest BCUT2D eigenvalue weighted by Crippen LogP contribution is -2.60. The molecular weight excluding hydrogens is 276 g/mol. The number of aliphatic hydroxyl groups is 4. The minimum atomic E-state index is -1.47. The number of hydrogen-bond donors (Lipinski definition) is 4. The van der Waals surface area contributed by atoms with Crippen LogP contribution in [0, 0.1) is 0 Å². The fourth-order valence-corrected chi connectivity index (χ4v) is 2.01. The van der Waals surface area contributed by atoms with Gasteiger partial charge in [-0.05, 0) is 12.1 Å². The zero-order valence-electron chi connectivity index (χ0n) is 9.89. The third-order valence-corrected chi connectivity index (χ3v) is 3.24. The van der Waals surface area contributed by atoms with E-state index in [1.54, 1.807) is 24.3 Å². The summed E-state index contributed by atoms with van der Waals surface area (Å²) >= 11 is 5.90. The van der Waals surface area contributed by atoms with Crippen molar-refractivity contribution in [2.75, 3.05) is 6.61 Å². The van der Waals surface area contributed by atoms with Crippen LogP contribution in [0.3, 0.4) is 0 Å². The van der Waals surface area contributed by atoms with Crippen LogP contribution < -0.4 is 4.74 Å². The van der Waals surface area contributed by atoms with Crippen LogP contribution >= 0.6 is 11.6 Å². The highest BCUT2D eigenvalue weighted by atomic mass is 35.5. The van der Waals surface area contributed by atoms with E-state index in [2.05, 4.69) is 0 Å². The van der Waals surface area contributed by atoms with Crippen LogP contribution in [0.5, 0.6) is 5.75 Å². The number of halogens is 1. The van der Waals surface area contributed by atoms with E-state index in [0.29, 0.717) is 5.02 Å². The molecule has 0 spiro atoms. The number of rotatable bonds is 3. The Labute approximate surface area is 114 Å². The molecule has 19 heavy (non-hydrogen) atoms. The Morgan fingerprint density at radius 3 is 2.42 bits per heavy atom. The molecular formula is C12H15ClO6. The first-order valence-corrected chi connectivity index (χ1v) is 6.14. The lowest BCUT2D eigenvalue weighted by atomic mass is 9.99. The average Bonchev–Trinajstić information content (AvgIpc) is 2.41. The summed E-state index contributed by atoms with van der Waals surface area (Å²) in [5, 5.41) is 38.4. The zero-order valence-corrected chi connectivity index (χ0v) is 10.6. The number of hydrogen-bond acceptors (Lipinski definition) is 6. The average molecular weight is 291 g/mol. The van der Waals surface area contributed by atoms with Crippen molar-refractivity contribution in [1.29, 1.82) is 0 Å². The van der Waals surface area contributed by atoms with Gasteiger partial charge in [-0.1, -0.05) is 23.7 Å². The summed E-state index contributed by atoms with van der Waals surface area (Å²) in [4.78, 5) is 0. The van der Waals surface area contributed by atoms with E-state index in [1.165, 1.54) is 0 Å². The second-order valence-corrected chi connectivity index (χ2v) is 4.65. The van der Waals surface area contributed by atoms with Crippen molar-refractivity contribution >= 4 is 11.6 Å². The normalized spacial score (nSPS) is 35.1. The highest BCUT2D eigenvalue weighted by Gasteiger charge is 2.44. The molecule has 4 N–H and O–H groups in total. The molecule has 2 rings (SSSR count). The van der Waals surface area contributed by atoms with Crippen molar-refractivity contribution < 1.29 is 29.9 Å². The van der Waals surface area contributed by atoms with E-state index < -0.39 is 37.3 Å². The standard InChI is InChI=1S/C12H15ClO6/c13-6-3-1-2-4-7(6)18-12-11(17)10(16)9(15)8(5-14)19-12/h1-4,8-12,14-17H,5H2/t8-,9-,10+,11-,12?/m1/s1. The van der Waals surface area contributed by atoms with Crippen molar-refractivity contribution in [3.63, 3.8) is 0 Å². The van der Waals surface area contributed by atoms with E-state index in [0.717, 1.165) is 0 Å². The van der Waals surface area contributed by atoms with E-state index in [1.807, 2.05) is 0 Å². The Morgan fingerprint density at radius 2 is 1.79 bits per heavy atom. The van der Waals surface area contributed by atoms with Crippen LogP contribution in [-0.2, 0) is 4.74 Å². The van der Waals surface area contributed by atoms with E-state index in [9.17, 15) is 15.3 Å². The molecule has 0 saturated carbocycles. The van der Waals surface area contributed by atoms with Gasteiger partial charge in [0.1, 0.15) is 30.2 Å². The van der Waals surface area contributed by atoms with Crippen molar-refractivity contribution in [2.45, 2.75) is 30.7 Å². The van der Waals surface area contributed by atoms with Gasteiger partial charge in [0, 0.05) is 0 Å². The number of para-hydroxylation sites is 1. The first-order valence-electron chi connectivity index (χ1n) is 5.76. The molecule has 0 amide bonds. The molecule has 106 valence electrons. The lowest BCUT2D eigenvalue weighted by Gasteiger charge is -2.39. The molecule has 0 aromatic heterocycles. The Bertz CT molecular complexity index is 426. The minimum absolute atomic E-state index is 0.272. The molecule has 1 aliphatic rings. The van der Waals surface area contributed by atoms with Gasteiger partial charge in [-0.3, -0.25) is 0 Å². The fourth-order valence-electron chi connectivity index (χ4n) is 1.83. The SMILES string of the molecule is OC[C@H]1OC(Oc2ccccc2Cl)[C@H](O)[C@@H](O)[C@@H]1O.